The Morgan fingerprint density at radius 3 is 2.88 bits per heavy atom. The van der Waals surface area contributed by atoms with Crippen LogP contribution in [-0.4, -0.2) is 76.9 Å². The number of hydrogen-bond donors (Lipinski definition) is 1. The van der Waals surface area contributed by atoms with Crippen molar-refractivity contribution >= 4 is 5.91 Å². The molecule has 7 nitrogen and oxygen atoms in total. The Morgan fingerprint density at radius 1 is 1.27 bits per heavy atom. The van der Waals surface area contributed by atoms with Gasteiger partial charge in [-0.15, -0.1) is 0 Å². The van der Waals surface area contributed by atoms with Crippen molar-refractivity contribution in [3.8, 4) is 0 Å². The van der Waals surface area contributed by atoms with E-state index < -0.39 is 0 Å². The van der Waals surface area contributed by atoms with Crippen LogP contribution in [0.4, 0.5) is 0 Å². The number of aromatic nitrogens is 2. The van der Waals surface area contributed by atoms with Crippen LogP contribution in [0.1, 0.15) is 40.9 Å². The summed E-state index contributed by atoms with van der Waals surface area (Å²) in [6.45, 7) is 6.49. The van der Waals surface area contributed by atoms with E-state index in [0.29, 0.717) is 12.3 Å². The molecular formula is C19H27N5O2. The maximum absolute atomic E-state index is 12.8. The molecule has 0 saturated carbocycles. The number of amides is 1. The minimum Gasteiger partial charge on any atom is -0.455 e. The maximum Gasteiger partial charge on any atom is 0.289 e. The van der Waals surface area contributed by atoms with Gasteiger partial charge in [-0.3, -0.25) is 9.69 Å². The fourth-order valence-corrected chi connectivity index (χ4v) is 3.85. The number of nitrogens with zero attached hydrogens (tertiary/aromatic N) is 4. The Bertz CT molecular complexity index is 718. The van der Waals surface area contributed by atoms with Crippen molar-refractivity contribution in [3.05, 3.63) is 41.9 Å². The monoisotopic (exact) mass is 357 g/mol. The summed E-state index contributed by atoms with van der Waals surface area (Å²) in [6, 6.07) is 3.77. The number of likely N-dealkylation sites (N-methyl/N-ethyl adjacent to an activating group) is 1. The van der Waals surface area contributed by atoms with Crippen LogP contribution in [-0.2, 0) is 6.54 Å². The van der Waals surface area contributed by atoms with Crippen molar-refractivity contribution in [1.29, 1.82) is 0 Å². The first kappa shape index (κ1) is 17.3. The van der Waals surface area contributed by atoms with Gasteiger partial charge in [-0.25, -0.2) is 4.98 Å². The normalized spacial score (nSPS) is 22.7. The Kier molecular flexibility index (Phi) is 5.08. The minimum atomic E-state index is -0.00844. The molecule has 2 aliphatic heterocycles. The molecule has 4 heterocycles. The van der Waals surface area contributed by atoms with Crippen LogP contribution in [0, 0.1) is 0 Å². The van der Waals surface area contributed by atoms with E-state index in [9.17, 15) is 4.79 Å². The summed E-state index contributed by atoms with van der Waals surface area (Å²) in [6.07, 6.45) is 5.66. The number of nitrogens with one attached hydrogen (secondary N) is 1. The Balaban J connectivity index is 1.36. The lowest BCUT2D eigenvalue weighted by Gasteiger charge is -2.32. The van der Waals surface area contributed by atoms with Crippen molar-refractivity contribution < 1.29 is 9.21 Å². The van der Waals surface area contributed by atoms with E-state index in [0.717, 1.165) is 63.7 Å². The predicted octanol–water partition coefficient (Wildman–Crippen LogP) is 1.77. The quantitative estimate of drug-likeness (QED) is 0.903. The third-order valence-corrected chi connectivity index (χ3v) is 5.46. The summed E-state index contributed by atoms with van der Waals surface area (Å²) in [7, 11) is 2.15. The molecule has 0 spiro atoms. The number of aromatic amines is 1. The van der Waals surface area contributed by atoms with Crippen molar-refractivity contribution in [3.63, 3.8) is 0 Å². The summed E-state index contributed by atoms with van der Waals surface area (Å²) in [5.74, 6) is 2.57. The molecule has 2 aliphatic rings. The van der Waals surface area contributed by atoms with Crippen LogP contribution in [0.2, 0.25) is 0 Å². The highest BCUT2D eigenvalue weighted by Crippen LogP contribution is 2.26. The van der Waals surface area contributed by atoms with Gasteiger partial charge in [0.25, 0.3) is 5.91 Å². The first-order chi connectivity index (χ1) is 12.7. The molecule has 7 heteroatoms. The fraction of sp³-hybridized carbons (Fsp3) is 0.579. The van der Waals surface area contributed by atoms with Crippen LogP contribution in [0.25, 0.3) is 0 Å². The summed E-state index contributed by atoms with van der Waals surface area (Å²) in [4.78, 5) is 27.0. The van der Waals surface area contributed by atoms with Crippen molar-refractivity contribution in [1.82, 2.24) is 24.7 Å². The van der Waals surface area contributed by atoms with Crippen LogP contribution in [0.5, 0.6) is 0 Å². The third kappa shape index (κ3) is 3.83. The number of carbonyl (C=O) groups excluding carboxylic acids is 1. The summed E-state index contributed by atoms with van der Waals surface area (Å²) >= 11 is 0. The number of imidazole rings is 1. The summed E-state index contributed by atoms with van der Waals surface area (Å²) < 4.78 is 5.88. The third-order valence-electron chi connectivity index (χ3n) is 5.46. The highest BCUT2D eigenvalue weighted by molar-refractivity contribution is 5.91. The summed E-state index contributed by atoms with van der Waals surface area (Å²) in [5, 5.41) is 0. The molecule has 1 atom stereocenters. The van der Waals surface area contributed by atoms with Crippen LogP contribution in [0.15, 0.2) is 28.9 Å². The van der Waals surface area contributed by atoms with Gasteiger partial charge < -0.3 is 19.2 Å². The molecule has 0 unspecified atom stereocenters. The Hall–Kier alpha value is -2.12. The highest BCUT2D eigenvalue weighted by atomic mass is 16.4. The van der Waals surface area contributed by atoms with Gasteiger partial charge in [-0.1, -0.05) is 0 Å². The topological polar surface area (TPSA) is 68.6 Å². The van der Waals surface area contributed by atoms with Gasteiger partial charge in [0.2, 0.25) is 0 Å². The van der Waals surface area contributed by atoms with Crippen LogP contribution >= 0.6 is 0 Å². The van der Waals surface area contributed by atoms with E-state index in [-0.39, 0.29) is 11.8 Å². The first-order valence-corrected chi connectivity index (χ1v) is 9.47. The maximum atomic E-state index is 12.8. The molecule has 2 aromatic rings. The second kappa shape index (κ2) is 7.63. The van der Waals surface area contributed by atoms with Crippen LogP contribution in [0.3, 0.4) is 0 Å². The molecule has 2 aromatic heterocycles. The van der Waals surface area contributed by atoms with E-state index in [1.54, 1.807) is 6.20 Å². The second-order valence-corrected chi connectivity index (χ2v) is 7.41. The molecule has 0 radical (unpaired) electrons. The van der Waals surface area contributed by atoms with Gasteiger partial charge in [0, 0.05) is 57.6 Å². The molecule has 1 amide bonds. The first-order valence-electron chi connectivity index (χ1n) is 9.47. The highest BCUT2D eigenvalue weighted by Gasteiger charge is 2.28. The van der Waals surface area contributed by atoms with Gasteiger partial charge in [0.15, 0.2) is 5.76 Å². The SMILES string of the molecule is CN1CCN(Cc2ccc(C(=O)N3CCC[C@@H](c4ncc[nH]4)C3)o2)CC1. The number of rotatable bonds is 4. The lowest BCUT2D eigenvalue weighted by molar-refractivity contribution is 0.0667. The number of carbonyl (C=O) groups is 1. The number of hydrogen-bond acceptors (Lipinski definition) is 5. The zero-order valence-corrected chi connectivity index (χ0v) is 15.4. The van der Waals surface area contributed by atoms with Crippen molar-refractivity contribution in [2.75, 3.05) is 46.3 Å². The predicted molar refractivity (Wildman–Crippen MR) is 97.9 cm³/mol. The van der Waals surface area contributed by atoms with Crippen molar-refractivity contribution in [2.24, 2.45) is 0 Å². The largest absolute Gasteiger partial charge is 0.455 e. The zero-order chi connectivity index (χ0) is 17.9. The number of furan rings is 1. The fourth-order valence-electron chi connectivity index (χ4n) is 3.85. The standard InChI is InChI=1S/C19H27N5O2/c1-22-9-11-23(12-10-22)14-16-4-5-17(26-16)19(25)24-8-2-3-15(13-24)18-20-6-7-21-18/h4-7,15H,2-3,8-14H2,1H3,(H,20,21)/t15-/m1/s1. The van der Waals surface area contributed by atoms with Gasteiger partial charge in [-0.05, 0) is 32.0 Å². The molecule has 140 valence electrons. The van der Waals surface area contributed by atoms with Gasteiger partial charge in [-0.2, -0.15) is 0 Å². The van der Waals surface area contributed by atoms with Gasteiger partial charge in [0.1, 0.15) is 11.6 Å². The molecule has 2 saturated heterocycles. The molecule has 26 heavy (non-hydrogen) atoms. The number of piperidine rings is 1. The molecule has 0 bridgehead atoms. The summed E-state index contributed by atoms with van der Waals surface area (Å²) in [5.41, 5.74) is 0. The molecule has 0 aliphatic carbocycles. The van der Waals surface area contributed by atoms with E-state index in [1.807, 2.05) is 23.2 Å². The van der Waals surface area contributed by atoms with E-state index in [1.165, 1.54) is 0 Å². The Labute approximate surface area is 154 Å². The van der Waals surface area contributed by atoms with Gasteiger partial charge >= 0.3 is 0 Å². The number of piperazine rings is 1. The minimum absolute atomic E-state index is 0.00844. The molecule has 0 aromatic carbocycles. The Morgan fingerprint density at radius 2 is 2.12 bits per heavy atom. The molecule has 1 N–H and O–H groups in total. The number of likely N-dealkylation sites (tertiary alicyclic amines) is 1. The van der Waals surface area contributed by atoms with Gasteiger partial charge in [0.05, 0.1) is 6.54 Å². The number of H-pyrrole nitrogens is 1. The lowest BCUT2D eigenvalue weighted by atomic mass is 9.97. The van der Waals surface area contributed by atoms with E-state index >= 15 is 0 Å². The molecule has 4 rings (SSSR count). The molecule has 2 fully saturated rings. The average Bonchev–Trinajstić information content (AvgIpc) is 3.35. The van der Waals surface area contributed by atoms with E-state index in [2.05, 4.69) is 26.8 Å². The smallest absolute Gasteiger partial charge is 0.289 e. The van der Waals surface area contributed by atoms with Crippen LogP contribution < -0.4 is 0 Å². The lowest BCUT2D eigenvalue weighted by Crippen LogP contribution is -2.43. The van der Waals surface area contributed by atoms with E-state index in [4.69, 9.17) is 4.42 Å². The zero-order valence-electron chi connectivity index (χ0n) is 15.4. The average molecular weight is 357 g/mol. The molecular weight excluding hydrogens is 330 g/mol. The van der Waals surface area contributed by atoms with Crippen molar-refractivity contribution in [2.45, 2.75) is 25.3 Å². The second-order valence-electron chi connectivity index (χ2n) is 7.41.